The number of carbonyl (C=O) groups is 1. The smallest absolute Gasteiger partial charge is 0.333 e. The van der Waals surface area contributed by atoms with E-state index < -0.39 is 13.8 Å². The van der Waals surface area contributed by atoms with Crippen molar-refractivity contribution in [1.29, 1.82) is 0 Å². The lowest BCUT2D eigenvalue weighted by molar-refractivity contribution is -0.139. The average molecular weight is 336 g/mol. The van der Waals surface area contributed by atoms with Gasteiger partial charge in [0.05, 0.1) is 6.61 Å². The molecule has 5 nitrogen and oxygen atoms in total. The molecule has 0 fully saturated rings. The van der Waals surface area contributed by atoms with E-state index in [2.05, 4.69) is 6.58 Å². The Kier molecular flexibility index (Phi) is 13.1. The second-order valence-electron chi connectivity index (χ2n) is 5.09. The van der Waals surface area contributed by atoms with Crippen LogP contribution in [0.3, 0.4) is 0 Å². The quantitative estimate of drug-likeness (QED) is 0.228. The summed E-state index contributed by atoms with van der Waals surface area (Å²) in [5.41, 5.74) is 0.431. The Hall–Kier alpha value is -0.340. The van der Waals surface area contributed by atoms with Gasteiger partial charge in [0.1, 0.15) is 5.40 Å². The van der Waals surface area contributed by atoms with Crippen LogP contribution in [-0.2, 0) is 14.1 Å². The summed E-state index contributed by atoms with van der Waals surface area (Å²) < 4.78 is 15.7. The highest BCUT2D eigenvalue weighted by molar-refractivity contribution is 7.57. The second kappa shape index (κ2) is 13.3. The number of hydrogen-bond donors (Lipinski definition) is 2. The lowest BCUT2D eigenvalue weighted by Crippen LogP contribution is -2.05. The van der Waals surface area contributed by atoms with Gasteiger partial charge < -0.3 is 14.5 Å². The van der Waals surface area contributed by atoms with E-state index in [-0.39, 0.29) is 14.4 Å². The molecule has 0 aliphatic rings. The fourth-order valence-corrected chi connectivity index (χ4v) is 2.85. The molecule has 0 bridgehead atoms. The summed E-state index contributed by atoms with van der Waals surface area (Å²) in [4.78, 5) is 29.1. The minimum atomic E-state index is -2.08. The molecule has 0 rings (SSSR count). The third-order valence-corrected chi connectivity index (χ3v) is 5.27. The van der Waals surface area contributed by atoms with E-state index in [0.717, 1.165) is 44.9 Å². The Balaban J connectivity index is 3.32. The van der Waals surface area contributed by atoms with Gasteiger partial charge in [0.25, 0.3) is 0 Å². The summed E-state index contributed by atoms with van der Waals surface area (Å²) in [6, 6.07) is 0. The van der Waals surface area contributed by atoms with E-state index in [1.54, 1.807) is 6.92 Å². The van der Waals surface area contributed by atoms with E-state index in [9.17, 15) is 9.36 Å². The van der Waals surface area contributed by atoms with Crippen LogP contribution in [0.2, 0.25) is 0 Å². The Bertz CT molecular complexity index is 320. The number of ether oxygens (including phenoxy) is 1. The molecule has 122 valence electrons. The van der Waals surface area contributed by atoms with Gasteiger partial charge in [-0.3, -0.25) is 4.57 Å². The molecule has 1 unspecified atom stereocenters. The monoisotopic (exact) mass is 336 g/mol. The first kappa shape index (κ1) is 20.7. The maximum Gasteiger partial charge on any atom is 0.333 e. The molecule has 0 aromatic rings. The molecule has 0 heterocycles. The van der Waals surface area contributed by atoms with Crippen molar-refractivity contribution in [3.05, 3.63) is 12.2 Å². The van der Waals surface area contributed by atoms with Crippen LogP contribution in [0.4, 0.5) is 0 Å². The zero-order valence-corrected chi connectivity index (χ0v) is 14.5. The van der Waals surface area contributed by atoms with E-state index in [4.69, 9.17) is 14.5 Å². The van der Waals surface area contributed by atoms with E-state index in [0.29, 0.717) is 18.6 Å². The Morgan fingerprint density at radius 2 is 1.67 bits per heavy atom. The summed E-state index contributed by atoms with van der Waals surface area (Å²) >= 11 is 0. The van der Waals surface area contributed by atoms with Crippen LogP contribution in [0.1, 0.15) is 58.3 Å². The summed E-state index contributed by atoms with van der Waals surface area (Å²) in [6.45, 7) is 5.60. The van der Waals surface area contributed by atoms with Crippen LogP contribution in [-0.4, -0.2) is 27.8 Å². The number of carbonyl (C=O) groups excluding carboxylic acids is 1. The average Bonchev–Trinajstić information content (AvgIpc) is 2.44. The van der Waals surface area contributed by atoms with Crippen molar-refractivity contribution in [2.75, 3.05) is 6.61 Å². The highest BCUT2D eigenvalue weighted by Gasteiger charge is 2.16. The van der Waals surface area contributed by atoms with Gasteiger partial charge in [0, 0.05) is 5.57 Å². The van der Waals surface area contributed by atoms with Crippen LogP contribution in [0.5, 0.6) is 0 Å². The largest absolute Gasteiger partial charge is 0.462 e. The van der Waals surface area contributed by atoms with Crippen molar-refractivity contribution < 1.29 is 23.9 Å². The van der Waals surface area contributed by atoms with Crippen LogP contribution >= 0.6 is 16.8 Å². The summed E-state index contributed by atoms with van der Waals surface area (Å²) in [5.74, 6) is -0.324. The van der Waals surface area contributed by atoms with Gasteiger partial charge in [0.15, 0.2) is 16.8 Å². The van der Waals surface area contributed by atoms with Crippen molar-refractivity contribution in [1.82, 2.24) is 0 Å². The number of rotatable bonds is 13. The maximum atomic E-state index is 11.1. The molecule has 0 aromatic carbocycles. The first-order valence-electron chi connectivity index (χ1n) is 7.31. The molecule has 0 aliphatic carbocycles. The van der Waals surface area contributed by atoms with Gasteiger partial charge in [-0.25, -0.2) is 4.79 Å². The van der Waals surface area contributed by atoms with Crippen molar-refractivity contribution in [2.24, 2.45) is 0 Å². The third kappa shape index (κ3) is 11.9. The van der Waals surface area contributed by atoms with Crippen LogP contribution in [0.25, 0.3) is 0 Å². The Morgan fingerprint density at radius 1 is 1.14 bits per heavy atom. The number of esters is 1. The highest BCUT2D eigenvalue weighted by Crippen LogP contribution is 2.41. The molecule has 0 aromatic heterocycles. The van der Waals surface area contributed by atoms with Crippen LogP contribution < -0.4 is 0 Å². The third-order valence-electron chi connectivity index (χ3n) is 3.08. The van der Waals surface area contributed by atoms with Crippen molar-refractivity contribution in [3.63, 3.8) is 0 Å². The fraction of sp³-hybridized carbons (Fsp3) is 0.786. The molecular formula is C14H26O5P2. The molecule has 1 atom stereocenters. The molecule has 7 heteroatoms. The van der Waals surface area contributed by atoms with Crippen molar-refractivity contribution in [3.8, 4) is 0 Å². The second-order valence-corrected chi connectivity index (χ2v) is 7.59. The standard InChI is InChI=1S/C14H26O5P2/c1-12(2)14(15)19-11-9-7-5-3-4-6-8-10-13(20-16)21(17)18/h13,17-18H,1,3-11H2,2H3. The SMILES string of the molecule is C=C(C)C(=O)OCCCCCCCCCC(P=O)P(O)O. The van der Waals surface area contributed by atoms with Gasteiger partial charge in [-0.2, -0.15) is 0 Å². The zero-order valence-electron chi connectivity index (χ0n) is 12.7. The maximum absolute atomic E-state index is 11.1. The molecule has 0 aliphatic heterocycles. The zero-order chi connectivity index (χ0) is 16.1. The first-order valence-corrected chi connectivity index (χ1v) is 9.51. The van der Waals surface area contributed by atoms with Crippen molar-refractivity contribution in [2.45, 2.75) is 63.7 Å². The lowest BCUT2D eigenvalue weighted by Gasteiger charge is -2.09. The molecule has 2 N–H and O–H groups in total. The Morgan fingerprint density at radius 3 is 2.14 bits per heavy atom. The van der Waals surface area contributed by atoms with Crippen LogP contribution in [0, 0.1) is 0 Å². The molecule has 0 radical (unpaired) electrons. The van der Waals surface area contributed by atoms with Gasteiger partial charge in [-0.1, -0.05) is 45.1 Å². The first-order chi connectivity index (χ1) is 9.99. The predicted octanol–water partition coefficient (Wildman–Crippen LogP) is 4.14. The van der Waals surface area contributed by atoms with E-state index in [1.165, 1.54) is 0 Å². The van der Waals surface area contributed by atoms with Crippen LogP contribution in [0.15, 0.2) is 12.2 Å². The molecule has 0 saturated carbocycles. The molecular weight excluding hydrogens is 310 g/mol. The van der Waals surface area contributed by atoms with E-state index in [1.807, 2.05) is 0 Å². The minimum absolute atomic E-state index is 0.171. The number of hydrogen-bond acceptors (Lipinski definition) is 5. The molecule has 0 saturated heterocycles. The number of unbranched alkanes of at least 4 members (excludes halogenated alkanes) is 6. The normalized spacial score (nSPS) is 12.6. The van der Waals surface area contributed by atoms with Gasteiger partial charge >= 0.3 is 5.97 Å². The van der Waals surface area contributed by atoms with Gasteiger partial charge in [-0.05, 0) is 19.8 Å². The van der Waals surface area contributed by atoms with Crippen molar-refractivity contribution >= 4 is 22.8 Å². The lowest BCUT2D eigenvalue weighted by atomic mass is 10.1. The predicted molar refractivity (Wildman–Crippen MR) is 85.5 cm³/mol. The topological polar surface area (TPSA) is 83.8 Å². The summed E-state index contributed by atoms with van der Waals surface area (Å²) in [7, 11) is -2.25. The molecule has 21 heavy (non-hydrogen) atoms. The summed E-state index contributed by atoms with van der Waals surface area (Å²) in [5, 5.41) is -0.497. The van der Waals surface area contributed by atoms with Gasteiger partial charge in [-0.15, -0.1) is 0 Å². The van der Waals surface area contributed by atoms with Gasteiger partial charge in [0.2, 0.25) is 0 Å². The Labute approximate surface area is 129 Å². The van der Waals surface area contributed by atoms with E-state index >= 15 is 0 Å². The minimum Gasteiger partial charge on any atom is -0.462 e. The fourth-order valence-electron chi connectivity index (χ4n) is 1.81. The molecule has 0 spiro atoms. The summed E-state index contributed by atoms with van der Waals surface area (Å²) in [6.07, 6.45) is 7.68. The molecule has 0 amide bonds. The highest BCUT2D eigenvalue weighted by atomic mass is 31.2.